The monoisotopic (exact) mass is 353 g/mol. The minimum atomic E-state index is -4.00. The first kappa shape index (κ1) is 18.1. The molecule has 1 aliphatic rings. The molecular weight excluding hydrogens is 334 g/mol. The second-order valence-corrected chi connectivity index (χ2v) is 6.42. The molecule has 24 heavy (non-hydrogen) atoms. The molecule has 0 atom stereocenters. The van der Waals surface area contributed by atoms with Gasteiger partial charge in [0.25, 0.3) is 10.1 Å². The van der Waals surface area contributed by atoms with Crippen molar-refractivity contribution in [3.63, 3.8) is 0 Å². The molecule has 0 saturated carbocycles. The fraction of sp³-hybridized carbons (Fsp3) is 0.333. The smallest absolute Gasteiger partial charge is 0.374 e. The number of aromatic nitrogens is 2. The number of rotatable bonds is 3. The summed E-state index contributed by atoms with van der Waals surface area (Å²) in [5, 5.41) is 3.17. The fourth-order valence-corrected chi connectivity index (χ4v) is 2.72. The molecule has 0 spiro atoms. The van der Waals surface area contributed by atoms with Gasteiger partial charge in [-0.25, -0.2) is 9.78 Å². The second kappa shape index (κ2) is 7.56. The third kappa shape index (κ3) is 4.19. The van der Waals surface area contributed by atoms with Crippen LogP contribution >= 0.6 is 0 Å². The zero-order chi connectivity index (χ0) is 17.7. The largest absolute Gasteiger partial charge is 0.460 e. The molecule has 1 aromatic carbocycles. The zero-order valence-electron chi connectivity index (χ0n) is 13.4. The van der Waals surface area contributed by atoms with Crippen molar-refractivity contribution in [1.82, 2.24) is 14.9 Å². The number of imidazole rings is 1. The Bertz CT molecular complexity index is 815. The highest BCUT2D eigenvalue weighted by Gasteiger charge is 2.23. The Labute approximate surface area is 140 Å². The maximum atomic E-state index is 11.4. The maximum Gasteiger partial charge on any atom is 0.374 e. The first-order valence-corrected chi connectivity index (χ1v) is 8.73. The lowest BCUT2D eigenvalue weighted by molar-refractivity contribution is 0.0507. The molecule has 2 aromatic rings. The van der Waals surface area contributed by atoms with Crippen LogP contribution in [0.1, 0.15) is 28.9 Å². The highest BCUT2D eigenvalue weighted by Crippen LogP contribution is 2.16. The van der Waals surface area contributed by atoms with Gasteiger partial charge >= 0.3 is 5.97 Å². The number of esters is 1. The Hall–Kier alpha value is -2.23. The number of fused-ring (bicyclic) bond motifs is 1. The predicted octanol–water partition coefficient (Wildman–Crippen LogP) is 1.13. The molecule has 8 nitrogen and oxygen atoms in total. The molecule has 0 fully saturated rings. The van der Waals surface area contributed by atoms with Gasteiger partial charge in [-0.15, -0.1) is 0 Å². The molecule has 2 heterocycles. The van der Waals surface area contributed by atoms with Gasteiger partial charge in [0, 0.05) is 20.1 Å². The van der Waals surface area contributed by atoms with Gasteiger partial charge in [0.1, 0.15) is 0 Å². The van der Waals surface area contributed by atoms with E-state index in [-0.39, 0.29) is 10.9 Å². The molecule has 0 bridgehead atoms. The van der Waals surface area contributed by atoms with Gasteiger partial charge in [-0.2, -0.15) is 8.42 Å². The second-order valence-electron chi connectivity index (χ2n) is 5.00. The van der Waals surface area contributed by atoms with Crippen molar-refractivity contribution >= 4 is 16.1 Å². The Morgan fingerprint density at radius 2 is 2.00 bits per heavy atom. The molecule has 2 N–H and O–H groups in total. The highest BCUT2D eigenvalue weighted by atomic mass is 32.2. The third-order valence-electron chi connectivity index (χ3n) is 3.38. The van der Waals surface area contributed by atoms with Crippen molar-refractivity contribution in [1.29, 1.82) is 0 Å². The van der Waals surface area contributed by atoms with Gasteiger partial charge in [-0.05, 0) is 19.1 Å². The molecule has 0 amide bonds. The normalized spacial score (nSPS) is 13.0. The number of hydrogen-bond donors (Lipinski definition) is 2. The van der Waals surface area contributed by atoms with E-state index in [1.807, 2.05) is 7.05 Å². The number of nitrogens with one attached hydrogen (secondary N) is 1. The van der Waals surface area contributed by atoms with E-state index in [1.165, 1.54) is 12.1 Å². The van der Waals surface area contributed by atoms with Crippen molar-refractivity contribution in [2.75, 3.05) is 6.61 Å². The van der Waals surface area contributed by atoms with Gasteiger partial charge in [-0.1, -0.05) is 18.2 Å². The SMILES string of the molecule is CCOC(=O)c1nc2c(n1C)CNC2.O=S(=O)(O)c1ccccc1. The number of nitrogens with zero attached hydrogens (tertiary/aromatic N) is 2. The van der Waals surface area contributed by atoms with Crippen molar-refractivity contribution in [2.45, 2.75) is 24.9 Å². The van der Waals surface area contributed by atoms with Crippen LogP contribution in [0.2, 0.25) is 0 Å². The Morgan fingerprint density at radius 1 is 1.33 bits per heavy atom. The maximum absolute atomic E-state index is 11.4. The summed E-state index contributed by atoms with van der Waals surface area (Å²) in [5.41, 5.74) is 2.03. The summed E-state index contributed by atoms with van der Waals surface area (Å²) in [5.74, 6) is 0.0581. The van der Waals surface area contributed by atoms with E-state index in [9.17, 15) is 13.2 Å². The van der Waals surface area contributed by atoms with Crippen LogP contribution in [0.15, 0.2) is 35.2 Å². The molecule has 0 unspecified atom stereocenters. The molecular formula is C15H19N3O5S. The molecule has 0 saturated heterocycles. The van der Waals surface area contributed by atoms with Crippen LogP contribution < -0.4 is 5.32 Å². The van der Waals surface area contributed by atoms with E-state index < -0.39 is 10.1 Å². The van der Waals surface area contributed by atoms with Gasteiger partial charge in [-0.3, -0.25) is 4.55 Å². The van der Waals surface area contributed by atoms with Gasteiger partial charge in [0.15, 0.2) is 0 Å². The lowest BCUT2D eigenvalue weighted by Crippen LogP contribution is -2.14. The van der Waals surface area contributed by atoms with Crippen LogP contribution in [0.3, 0.4) is 0 Å². The van der Waals surface area contributed by atoms with Crippen molar-refractivity contribution in [3.8, 4) is 0 Å². The molecule has 9 heteroatoms. The molecule has 1 aliphatic heterocycles. The predicted molar refractivity (Wildman–Crippen MR) is 86.0 cm³/mol. The number of carbonyl (C=O) groups excluding carboxylic acids is 1. The summed E-state index contributed by atoms with van der Waals surface area (Å²) < 4.78 is 35.9. The van der Waals surface area contributed by atoms with Crippen LogP contribution in [0.25, 0.3) is 0 Å². The number of carbonyl (C=O) groups is 1. The van der Waals surface area contributed by atoms with E-state index >= 15 is 0 Å². The summed E-state index contributed by atoms with van der Waals surface area (Å²) in [4.78, 5) is 15.6. The quantitative estimate of drug-likeness (QED) is 0.628. The molecule has 1 aromatic heterocycles. The van der Waals surface area contributed by atoms with E-state index in [2.05, 4.69) is 10.3 Å². The third-order valence-corrected chi connectivity index (χ3v) is 4.25. The van der Waals surface area contributed by atoms with Crippen LogP contribution in [-0.4, -0.2) is 35.1 Å². The van der Waals surface area contributed by atoms with Crippen LogP contribution in [0.5, 0.6) is 0 Å². The van der Waals surface area contributed by atoms with Gasteiger partial charge in [0.05, 0.1) is 22.9 Å². The fourth-order valence-electron chi connectivity index (χ4n) is 2.22. The summed E-state index contributed by atoms with van der Waals surface area (Å²) in [6.07, 6.45) is 0. The Morgan fingerprint density at radius 3 is 2.50 bits per heavy atom. The molecule has 0 aliphatic carbocycles. The van der Waals surface area contributed by atoms with Crippen molar-refractivity contribution in [2.24, 2.45) is 7.05 Å². The summed E-state index contributed by atoms with van der Waals surface area (Å²) in [7, 11) is -2.16. The van der Waals surface area contributed by atoms with E-state index in [4.69, 9.17) is 9.29 Å². The number of benzene rings is 1. The molecule has 130 valence electrons. The first-order chi connectivity index (χ1) is 11.3. The van der Waals surface area contributed by atoms with Crippen LogP contribution in [0.4, 0.5) is 0 Å². The minimum Gasteiger partial charge on any atom is -0.460 e. The average molecular weight is 353 g/mol. The van der Waals surface area contributed by atoms with E-state index in [1.54, 1.807) is 29.7 Å². The number of ether oxygens (including phenoxy) is 1. The zero-order valence-corrected chi connectivity index (χ0v) is 14.2. The standard InChI is InChI=1S/C9H13N3O2.C6H6O3S/c1-3-14-9(13)8-11-6-4-10-5-7(6)12(8)2;7-10(8,9)6-4-2-1-3-5-6/h10H,3-5H2,1-2H3;1-5H,(H,7,8,9). The van der Waals surface area contributed by atoms with Crippen LogP contribution in [-0.2, 0) is 35.0 Å². The minimum absolute atomic E-state index is 0.0741. The summed E-state index contributed by atoms with van der Waals surface area (Å²) in [6.45, 7) is 3.69. The topological polar surface area (TPSA) is 111 Å². The van der Waals surface area contributed by atoms with E-state index in [0.717, 1.165) is 24.5 Å². The van der Waals surface area contributed by atoms with Gasteiger partial charge in [0.2, 0.25) is 5.82 Å². The van der Waals surface area contributed by atoms with Gasteiger partial charge < -0.3 is 14.6 Å². The van der Waals surface area contributed by atoms with Crippen molar-refractivity contribution < 1.29 is 22.5 Å². The summed E-state index contributed by atoms with van der Waals surface area (Å²) in [6, 6.07) is 7.42. The van der Waals surface area contributed by atoms with Crippen LogP contribution in [0, 0.1) is 0 Å². The lowest BCUT2D eigenvalue weighted by Gasteiger charge is -2.03. The lowest BCUT2D eigenvalue weighted by atomic mass is 10.4. The van der Waals surface area contributed by atoms with Crippen molar-refractivity contribution in [3.05, 3.63) is 47.5 Å². The Kier molecular flexibility index (Phi) is 5.71. The van der Waals surface area contributed by atoms with E-state index in [0.29, 0.717) is 12.4 Å². The molecule has 0 radical (unpaired) electrons. The number of hydrogen-bond acceptors (Lipinski definition) is 6. The molecule has 3 rings (SSSR count). The Balaban J connectivity index is 0.000000185. The average Bonchev–Trinajstić information content (AvgIpc) is 3.12. The first-order valence-electron chi connectivity index (χ1n) is 7.29. The summed E-state index contributed by atoms with van der Waals surface area (Å²) >= 11 is 0. The highest BCUT2D eigenvalue weighted by molar-refractivity contribution is 7.85.